The Morgan fingerprint density at radius 3 is 2.56 bits per heavy atom. The SMILES string of the molecule is CNC1(C)CCN(c2ccc([N+](=O)[O-])nc2)CC1. The smallest absolute Gasteiger partial charge is 0.363 e. The van der Waals surface area contributed by atoms with Crippen LogP contribution in [-0.4, -0.2) is 35.6 Å². The molecule has 0 atom stereocenters. The average molecular weight is 250 g/mol. The molecule has 0 spiro atoms. The molecule has 6 heteroatoms. The van der Waals surface area contributed by atoms with Crippen LogP contribution in [0.4, 0.5) is 11.5 Å². The highest BCUT2D eigenvalue weighted by molar-refractivity contribution is 5.47. The first kappa shape index (κ1) is 12.8. The fourth-order valence-electron chi connectivity index (χ4n) is 2.18. The number of aromatic nitrogens is 1. The van der Waals surface area contributed by atoms with Crippen LogP contribution in [0.5, 0.6) is 0 Å². The zero-order chi connectivity index (χ0) is 13.2. The molecule has 0 bridgehead atoms. The summed E-state index contributed by atoms with van der Waals surface area (Å²) >= 11 is 0. The Kier molecular flexibility index (Phi) is 3.47. The number of nitro groups is 1. The summed E-state index contributed by atoms with van der Waals surface area (Å²) in [5.41, 5.74) is 1.16. The zero-order valence-corrected chi connectivity index (χ0v) is 10.7. The summed E-state index contributed by atoms with van der Waals surface area (Å²) < 4.78 is 0. The maximum absolute atomic E-state index is 10.5. The molecular formula is C12H18N4O2. The summed E-state index contributed by atoms with van der Waals surface area (Å²) in [5, 5.41) is 13.9. The van der Waals surface area contributed by atoms with Crippen molar-refractivity contribution in [1.82, 2.24) is 10.3 Å². The molecule has 1 N–H and O–H groups in total. The van der Waals surface area contributed by atoms with Crippen LogP contribution in [0, 0.1) is 10.1 Å². The Balaban J connectivity index is 2.03. The number of rotatable bonds is 3. The lowest BCUT2D eigenvalue weighted by atomic mass is 9.90. The molecule has 1 aliphatic rings. The van der Waals surface area contributed by atoms with Crippen molar-refractivity contribution in [3.8, 4) is 0 Å². The van der Waals surface area contributed by atoms with Gasteiger partial charge in [-0.05, 0) is 42.8 Å². The summed E-state index contributed by atoms with van der Waals surface area (Å²) in [4.78, 5) is 16.1. The molecule has 1 aromatic heterocycles. The maximum atomic E-state index is 10.5. The van der Waals surface area contributed by atoms with Crippen molar-refractivity contribution >= 4 is 11.5 Å². The van der Waals surface area contributed by atoms with Crippen LogP contribution in [0.1, 0.15) is 19.8 Å². The molecule has 0 aromatic carbocycles. The van der Waals surface area contributed by atoms with Crippen LogP contribution < -0.4 is 10.2 Å². The fourth-order valence-corrected chi connectivity index (χ4v) is 2.18. The van der Waals surface area contributed by atoms with Gasteiger partial charge in [0.15, 0.2) is 6.20 Å². The van der Waals surface area contributed by atoms with E-state index in [4.69, 9.17) is 0 Å². The molecule has 18 heavy (non-hydrogen) atoms. The standard InChI is InChI=1S/C12H18N4O2/c1-12(13-2)5-7-15(8-6-12)10-3-4-11(14-9-10)16(17)18/h3-4,9,13H,5-8H2,1-2H3. The van der Waals surface area contributed by atoms with E-state index < -0.39 is 4.92 Å². The van der Waals surface area contributed by atoms with Crippen LogP contribution in [0.3, 0.4) is 0 Å². The van der Waals surface area contributed by atoms with E-state index in [0.717, 1.165) is 31.6 Å². The second-order valence-electron chi connectivity index (χ2n) is 4.93. The van der Waals surface area contributed by atoms with E-state index in [1.54, 1.807) is 12.3 Å². The Morgan fingerprint density at radius 2 is 2.11 bits per heavy atom. The Bertz CT molecular complexity index is 424. The van der Waals surface area contributed by atoms with Gasteiger partial charge in [-0.2, -0.15) is 0 Å². The summed E-state index contributed by atoms with van der Waals surface area (Å²) in [6.45, 7) is 4.10. The number of pyridine rings is 1. The molecule has 0 radical (unpaired) electrons. The van der Waals surface area contributed by atoms with E-state index in [2.05, 4.69) is 22.1 Å². The van der Waals surface area contributed by atoms with Gasteiger partial charge in [0.05, 0.1) is 5.69 Å². The van der Waals surface area contributed by atoms with E-state index in [-0.39, 0.29) is 11.4 Å². The molecule has 2 rings (SSSR count). The van der Waals surface area contributed by atoms with Gasteiger partial charge < -0.3 is 20.3 Å². The van der Waals surface area contributed by atoms with Gasteiger partial charge in [-0.1, -0.05) is 0 Å². The van der Waals surface area contributed by atoms with Crippen molar-refractivity contribution in [3.63, 3.8) is 0 Å². The van der Waals surface area contributed by atoms with E-state index in [1.165, 1.54) is 6.07 Å². The number of hydrogen-bond donors (Lipinski definition) is 1. The number of hydrogen-bond acceptors (Lipinski definition) is 5. The first-order valence-electron chi connectivity index (χ1n) is 6.08. The molecule has 0 saturated carbocycles. The quantitative estimate of drug-likeness (QED) is 0.651. The lowest BCUT2D eigenvalue weighted by Gasteiger charge is -2.39. The van der Waals surface area contributed by atoms with Gasteiger partial charge >= 0.3 is 5.82 Å². The first-order valence-corrected chi connectivity index (χ1v) is 6.08. The van der Waals surface area contributed by atoms with Crippen molar-refractivity contribution in [1.29, 1.82) is 0 Å². The Hall–Kier alpha value is -1.69. The van der Waals surface area contributed by atoms with E-state index >= 15 is 0 Å². The monoisotopic (exact) mass is 250 g/mol. The van der Waals surface area contributed by atoms with E-state index in [1.807, 2.05) is 7.05 Å². The van der Waals surface area contributed by atoms with Gasteiger partial charge in [-0.3, -0.25) is 0 Å². The molecule has 98 valence electrons. The molecule has 1 saturated heterocycles. The number of piperidine rings is 1. The maximum Gasteiger partial charge on any atom is 0.363 e. The highest BCUT2D eigenvalue weighted by Gasteiger charge is 2.28. The fraction of sp³-hybridized carbons (Fsp3) is 0.583. The van der Waals surface area contributed by atoms with Crippen LogP contribution in [0.15, 0.2) is 18.3 Å². The molecule has 2 heterocycles. The highest BCUT2D eigenvalue weighted by Crippen LogP contribution is 2.25. The van der Waals surface area contributed by atoms with Crippen molar-refractivity contribution in [2.24, 2.45) is 0 Å². The summed E-state index contributed by atoms with van der Waals surface area (Å²) in [6.07, 6.45) is 3.70. The lowest BCUT2D eigenvalue weighted by molar-refractivity contribution is -0.389. The second-order valence-corrected chi connectivity index (χ2v) is 4.93. The molecule has 0 aliphatic carbocycles. The largest absolute Gasteiger partial charge is 0.368 e. The highest BCUT2D eigenvalue weighted by atomic mass is 16.6. The number of anilines is 1. The second kappa shape index (κ2) is 4.89. The van der Waals surface area contributed by atoms with Gasteiger partial charge in [-0.15, -0.1) is 0 Å². The van der Waals surface area contributed by atoms with Gasteiger partial charge in [0.2, 0.25) is 0 Å². The minimum absolute atomic E-state index is 0.101. The normalized spacial score (nSPS) is 18.7. The predicted octanol–water partition coefficient (Wildman–Crippen LogP) is 1.57. The van der Waals surface area contributed by atoms with Gasteiger partial charge in [0, 0.05) is 24.7 Å². The molecule has 1 aliphatic heterocycles. The van der Waals surface area contributed by atoms with Gasteiger partial charge in [0.1, 0.15) is 0 Å². The minimum Gasteiger partial charge on any atom is -0.368 e. The van der Waals surface area contributed by atoms with Crippen LogP contribution in [-0.2, 0) is 0 Å². The van der Waals surface area contributed by atoms with Crippen LogP contribution in [0.25, 0.3) is 0 Å². The van der Waals surface area contributed by atoms with Crippen molar-refractivity contribution in [2.75, 3.05) is 25.0 Å². The zero-order valence-electron chi connectivity index (χ0n) is 10.7. The van der Waals surface area contributed by atoms with Crippen LogP contribution >= 0.6 is 0 Å². The topological polar surface area (TPSA) is 71.3 Å². The molecule has 0 unspecified atom stereocenters. The van der Waals surface area contributed by atoms with E-state index in [0.29, 0.717) is 0 Å². The molecule has 6 nitrogen and oxygen atoms in total. The minimum atomic E-state index is -0.474. The number of nitrogens with zero attached hydrogens (tertiary/aromatic N) is 3. The van der Waals surface area contributed by atoms with Crippen LogP contribution in [0.2, 0.25) is 0 Å². The third kappa shape index (κ3) is 2.59. The number of nitrogens with one attached hydrogen (secondary N) is 1. The third-order valence-electron chi connectivity index (χ3n) is 3.76. The van der Waals surface area contributed by atoms with E-state index in [9.17, 15) is 10.1 Å². The molecular weight excluding hydrogens is 232 g/mol. The summed E-state index contributed by atoms with van der Waals surface area (Å²) in [5.74, 6) is -0.101. The van der Waals surface area contributed by atoms with Gasteiger partial charge in [0.25, 0.3) is 0 Å². The summed E-state index contributed by atoms with van der Waals surface area (Å²) in [7, 11) is 1.99. The van der Waals surface area contributed by atoms with Gasteiger partial charge in [-0.25, -0.2) is 0 Å². The Morgan fingerprint density at radius 1 is 1.44 bits per heavy atom. The van der Waals surface area contributed by atoms with Crippen molar-refractivity contribution in [3.05, 3.63) is 28.4 Å². The third-order valence-corrected chi connectivity index (χ3v) is 3.76. The molecule has 1 aromatic rings. The van der Waals surface area contributed by atoms with Crippen molar-refractivity contribution < 1.29 is 4.92 Å². The first-order chi connectivity index (χ1) is 8.54. The Labute approximate surface area is 106 Å². The average Bonchev–Trinajstić information content (AvgIpc) is 2.40. The van der Waals surface area contributed by atoms with Crippen molar-refractivity contribution in [2.45, 2.75) is 25.3 Å². The molecule has 0 amide bonds. The molecule has 1 fully saturated rings. The summed E-state index contributed by atoms with van der Waals surface area (Å²) in [6, 6.07) is 3.23. The predicted molar refractivity (Wildman–Crippen MR) is 69.8 cm³/mol. The lowest BCUT2D eigenvalue weighted by Crippen LogP contribution is -2.50.